The van der Waals surface area contributed by atoms with E-state index >= 15 is 0 Å². The van der Waals surface area contributed by atoms with Crippen LogP contribution in [0.2, 0.25) is 0 Å². The molecule has 1 amide bonds. The SMILES string of the molecule is COc1cc(OC)c(S(=O)(=O)N2c3ccccc3CC[C@@H]2C)cc1NC(=O)CCc1nn[nH]n1. The van der Waals surface area contributed by atoms with Crippen molar-refractivity contribution in [3.8, 4) is 11.5 Å². The van der Waals surface area contributed by atoms with Gasteiger partial charge in [-0.3, -0.25) is 9.10 Å². The average molecular weight is 487 g/mol. The number of hydrogen-bond acceptors (Lipinski definition) is 8. The summed E-state index contributed by atoms with van der Waals surface area (Å²) in [5, 5.41) is 16.2. The fourth-order valence-corrected chi connectivity index (χ4v) is 5.92. The van der Waals surface area contributed by atoms with Crippen LogP contribution in [0.3, 0.4) is 0 Å². The van der Waals surface area contributed by atoms with Gasteiger partial charge in [-0.05, 0) is 37.5 Å². The van der Waals surface area contributed by atoms with Gasteiger partial charge in [-0.15, -0.1) is 10.2 Å². The Morgan fingerprint density at radius 3 is 2.68 bits per heavy atom. The van der Waals surface area contributed by atoms with E-state index in [1.807, 2.05) is 25.1 Å². The van der Waals surface area contributed by atoms with E-state index in [0.717, 1.165) is 12.0 Å². The molecule has 0 unspecified atom stereocenters. The Hall–Kier alpha value is -3.67. The zero-order chi connectivity index (χ0) is 24.3. The van der Waals surface area contributed by atoms with Gasteiger partial charge < -0.3 is 14.8 Å². The maximum atomic E-state index is 13.9. The standard InChI is InChI=1S/C22H26N6O5S/c1-14-8-9-15-6-4-5-7-17(15)28(14)34(30,31)20-12-16(18(32-2)13-19(20)33-3)23-22(29)11-10-21-24-26-27-25-21/h4-7,12-14H,8-11H2,1-3H3,(H,23,29)(H,24,25,26,27)/t14-/m0/s1. The molecule has 0 spiro atoms. The van der Waals surface area contributed by atoms with Crippen molar-refractivity contribution in [3.63, 3.8) is 0 Å². The van der Waals surface area contributed by atoms with E-state index in [0.29, 0.717) is 17.9 Å². The predicted molar refractivity (Wildman–Crippen MR) is 125 cm³/mol. The third-order valence-corrected chi connectivity index (χ3v) is 7.67. The molecule has 2 heterocycles. The summed E-state index contributed by atoms with van der Waals surface area (Å²) in [6, 6.07) is 10.0. The number of carbonyl (C=O) groups excluding carboxylic acids is 1. The van der Waals surface area contributed by atoms with Gasteiger partial charge in [0.2, 0.25) is 5.91 Å². The largest absolute Gasteiger partial charge is 0.495 e. The molecule has 0 fully saturated rings. The first-order valence-electron chi connectivity index (χ1n) is 10.8. The molecule has 11 nitrogen and oxygen atoms in total. The van der Waals surface area contributed by atoms with Crippen molar-refractivity contribution in [2.45, 2.75) is 43.5 Å². The van der Waals surface area contributed by atoms with Crippen LogP contribution in [-0.4, -0.2) is 55.2 Å². The highest BCUT2D eigenvalue weighted by atomic mass is 32.2. The number of H-pyrrole nitrogens is 1. The first kappa shape index (κ1) is 23.5. The van der Waals surface area contributed by atoms with Crippen molar-refractivity contribution in [1.82, 2.24) is 20.6 Å². The van der Waals surface area contributed by atoms with E-state index in [1.54, 1.807) is 6.07 Å². The maximum absolute atomic E-state index is 13.9. The highest BCUT2D eigenvalue weighted by molar-refractivity contribution is 7.93. The molecule has 0 radical (unpaired) electrons. The van der Waals surface area contributed by atoms with Gasteiger partial charge >= 0.3 is 0 Å². The Labute approximate surface area is 197 Å². The number of nitrogens with zero attached hydrogens (tertiary/aromatic N) is 4. The molecule has 2 N–H and O–H groups in total. The van der Waals surface area contributed by atoms with Crippen LogP contribution < -0.4 is 19.1 Å². The molecule has 1 aromatic heterocycles. The summed E-state index contributed by atoms with van der Waals surface area (Å²) >= 11 is 0. The lowest BCUT2D eigenvalue weighted by Gasteiger charge is -2.36. The first-order chi connectivity index (χ1) is 16.3. The fraction of sp³-hybridized carbons (Fsp3) is 0.364. The third-order valence-electron chi connectivity index (χ3n) is 5.72. The second-order valence-electron chi connectivity index (χ2n) is 7.90. The van der Waals surface area contributed by atoms with Crippen LogP contribution in [0.5, 0.6) is 11.5 Å². The van der Waals surface area contributed by atoms with Gasteiger partial charge in [0.15, 0.2) is 5.82 Å². The van der Waals surface area contributed by atoms with Crippen LogP contribution in [0.4, 0.5) is 11.4 Å². The van der Waals surface area contributed by atoms with Crippen molar-refractivity contribution in [1.29, 1.82) is 0 Å². The number of anilines is 2. The minimum absolute atomic E-state index is 0.0622. The molecule has 1 atom stereocenters. The second kappa shape index (κ2) is 9.67. The number of fused-ring (bicyclic) bond motifs is 1. The third kappa shape index (κ3) is 4.53. The minimum atomic E-state index is -4.03. The van der Waals surface area contributed by atoms with E-state index < -0.39 is 10.0 Å². The molecule has 1 aliphatic heterocycles. The Morgan fingerprint density at radius 2 is 1.97 bits per heavy atom. The number of para-hydroxylation sites is 1. The molecule has 0 saturated heterocycles. The summed E-state index contributed by atoms with van der Waals surface area (Å²) < 4.78 is 40.1. The van der Waals surface area contributed by atoms with Crippen molar-refractivity contribution in [2.24, 2.45) is 0 Å². The number of aryl methyl sites for hydroxylation is 2. The molecular formula is C22H26N6O5S. The number of tetrazole rings is 1. The van der Waals surface area contributed by atoms with Crippen molar-refractivity contribution in [2.75, 3.05) is 23.8 Å². The molecule has 4 rings (SSSR count). The number of methoxy groups -OCH3 is 2. The number of aromatic nitrogens is 4. The van der Waals surface area contributed by atoms with Crippen LogP contribution in [0, 0.1) is 0 Å². The molecule has 3 aromatic rings. The van der Waals surface area contributed by atoms with Gasteiger partial charge in [-0.25, -0.2) is 8.42 Å². The zero-order valence-electron chi connectivity index (χ0n) is 19.1. The second-order valence-corrected chi connectivity index (χ2v) is 9.68. The summed E-state index contributed by atoms with van der Waals surface area (Å²) in [5.41, 5.74) is 1.83. The average Bonchev–Trinajstić information content (AvgIpc) is 3.36. The predicted octanol–water partition coefficient (Wildman–Crippen LogP) is 2.32. The van der Waals surface area contributed by atoms with Gasteiger partial charge in [0.05, 0.1) is 25.6 Å². The van der Waals surface area contributed by atoms with Gasteiger partial charge in [-0.1, -0.05) is 23.4 Å². The Morgan fingerprint density at radius 1 is 1.21 bits per heavy atom. The first-order valence-corrected chi connectivity index (χ1v) is 12.2. The fourth-order valence-electron chi connectivity index (χ4n) is 4.02. The van der Waals surface area contributed by atoms with Crippen LogP contribution >= 0.6 is 0 Å². The highest BCUT2D eigenvalue weighted by Gasteiger charge is 2.36. The van der Waals surface area contributed by atoms with Gasteiger partial charge in [-0.2, -0.15) is 5.21 Å². The maximum Gasteiger partial charge on any atom is 0.268 e. The van der Waals surface area contributed by atoms with E-state index in [4.69, 9.17) is 9.47 Å². The number of hydrogen-bond donors (Lipinski definition) is 2. The molecule has 180 valence electrons. The number of ether oxygens (including phenoxy) is 2. The number of carbonyl (C=O) groups is 1. The van der Waals surface area contributed by atoms with E-state index in [-0.39, 0.29) is 46.9 Å². The van der Waals surface area contributed by atoms with Gasteiger partial charge in [0.1, 0.15) is 16.4 Å². The number of aromatic amines is 1. The molecule has 12 heteroatoms. The molecule has 0 aliphatic carbocycles. The van der Waals surface area contributed by atoms with Crippen molar-refractivity contribution < 1.29 is 22.7 Å². The lowest BCUT2D eigenvalue weighted by Crippen LogP contribution is -2.42. The summed E-state index contributed by atoms with van der Waals surface area (Å²) in [6.07, 6.45) is 1.83. The molecule has 0 saturated carbocycles. The van der Waals surface area contributed by atoms with E-state index in [9.17, 15) is 13.2 Å². The van der Waals surface area contributed by atoms with Crippen LogP contribution in [0.1, 0.15) is 31.2 Å². The molecule has 0 bridgehead atoms. The summed E-state index contributed by atoms with van der Waals surface area (Å²) in [5.74, 6) is 0.443. The Bertz CT molecular complexity index is 1280. The van der Waals surface area contributed by atoms with E-state index in [1.165, 1.54) is 30.7 Å². The Kier molecular flexibility index (Phi) is 6.68. The quantitative estimate of drug-likeness (QED) is 0.494. The number of rotatable bonds is 8. The van der Waals surface area contributed by atoms with Gasteiger partial charge in [0, 0.05) is 24.9 Å². The normalized spacial score (nSPS) is 15.5. The van der Waals surface area contributed by atoms with Crippen molar-refractivity contribution >= 4 is 27.3 Å². The zero-order valence-corrected chi connectivity index (χ0v) is 19.9. The molecule has 1 aliphatic rings. The summed E-state index contributed by atoms with van der Waals surface area (Å²) in [6.45, 7) is 1.88. The monoisotopic (exact) mass is 486 g/mol. The summed E-state index contributed by atoms with van der Waals surface area (Å²) in [7, 11) is -1.20. The number of benzene rings is 2. The molecule has 34 heavy (non-hydrogen) atoms. The van der Waals surface area contributed by atoms with E-state index in [2.05, 4.69) is 25.9 Å². The number of amides is 1. The topological polar surface area (TPSA) is 139 Å². The number of sulfonamides is 1. The van der Waals surface area contributed by atoms with Crippen molar-refractivity contribution in [3.05, 3.63) is 47.8 Å². The molecule has 2 aromatic carbocycles. The highest BCUT2D eigenvalue weighted by Crippen LogP contribution is 2.41. The van der Waals surface area contributed by atoms with Crippen LogP contribution in [-0.2, 0) is 27.7 Å². The number of nitrogens with one attached hydrogen (secondary N) is 2. The minimum Gasteiger partial charge on any atom is -0.495 e. The summed E-state index contributed by atoms with van der Waals surface area (Å²) in [4.78, 5) is 12.5. The lowest BCUT2D eigenvalue weighted by atomic mass is 9.99. The van der Waals surface area contributed by atoms with Crippen LogP contribution in [0.15, 0.2) is 41.3 Å². The molecular weight excluding hydrogens is 460 g/mol. The smallest absolute Gasteiger partial charge is 0.268 e. The van der Waals surface area contributed by atoms with Gasteiger partial charge in [0.25, 0.3) is 10.0 Å². The van der Waals surface area contributed by atoms with Crippen LogP contribution in [0.25, 0.3) is 0 Å². The lowest BCUT2D eigenvalue weighted by molar-refractivity contribution is -0.116. The Balaban J connectivity index is 1.70.